The Kier molecular flexibility index (Phi) is 8.36. The summed E-state index contributed by atoms with van der Waals surface area (Å²) in [5.74, 6) is -3.05. The third kappa shape index (κ3) is 6.94. The number of rotatable bonds is 2. The van der Waals surface area contributed by atoms with Crippen molar-refractivity contribution in [3.63, 3.8) is 0 Å². The van der Waals surface area contributed by atoms with Crippen molar-refractivity contribution in [1.29, 1.82) is 0 Å². The maximum absolute atomic E-state index is 12.6. The molecular formula is C23H30N2O6. The monoisotopic (exact) mass is 430 g/mol. The summed E-state index contributed by atoms with van der Waals surface area (Å²) in [5.41, 5.74) is 1.57. The summed E-state index contributed by atoms with van der Waals surface area (Å²) in [7, 11) is 0. The normalized spacial score (nSPS) is 21.8. The van der Waals surface area contributed by atoms with E-state index in [2.05, 4.69) is 17.2 Å². The molecule has 0 aliphatic carbocycles. The molecular weight excluding hydrogens is 400 g/mol. The van der Waals surface area contributed by atoms with Crippen LogP contribution in [-0.4, -0.2) is 36.0 Å². The molecule has 1 aromatic carbocycles. The Labute approximate surface area is 182 Å². The molecule has 2 heterocycles. The molecule has 0 radical (unpaired) electrons. The molecule has 0 aromatic heterocycles. The van der Waals surface area contributed by atoms with Gasteiger partial charge >= 0.3 is 11.9 Å². The van der Waals surface area contributed by atoms with Crippen LogP contribution < -0.4 is 10.6 Å². The fourth-order valence-corrected chi connectivity index (χ4v) is 2.97. The van der Waals surface area contributed by atoms with Gasteiger partial charge in [-0.2, -0.15) is 0 Å². The van der Waals surface area contributed by atoms with E-state index in [1.165, 1.54) is 0 Å². The van der Waals surface area contributed by atoms with Crippen LogP contribution in [0.1, 0.15) is 45.2 Å². The molecule has 2 atom stereocenters. The molecule has 2 bridgehead atoms. The van der Waals surface area contributed by atoms with Crippen molar-refractivity contribution in [2.75, 3.05) is 0 Å². The van der Waals surface area contributed by atoms with Crippen LogP contribution in [0.4, 0.5) is 0 Å². The molecule has 2 amide bonds. The van der Waals surface area contributed by atoms with Crippen LogP contribution in [0.3, 0.4) is 0 Å². The van der Waals surface area contributed by atoms with Gasteiger partial charge in [0.15, 0.2) is 12.2 Å². The van der Waals surface area contributed by atoms with Crippen molar-refractivity contribution < 1.29 is 28.7 Å². The van der Waals surface area contributed by atoms with E-state index in [0.29, 0.717) is 0 Å². The minimum atomic E-state index is -1.03. The highest BCUT2D eigenvalue weighted by atomic mass is 16.6. The molecule has 31 heavy (non-hydrogen) atoms. The first-order valence-corrected chi connectivity index (χ1v) is 10.3. The van der Waals surface area contributed by atoms with Crippen LogP contribution in [-0.2, 0) is 41.7 Å². The highest BCUT2D eigenvalue weighted by Gasteiger charge is 2.30. The number of carbonyl (C=O) groups is 4. The standard InChI is InChI=1S/C23H30N2O6/c1-13(2)19-21(27)24-11-16-6-8-17(9-7-16)12-25-22(28)20(14(3)4)31-23(29)15(5)10-18(26)30-19/h6-9,13-14,19-20H,5,10-12H2,1-4H3,(H,24,27)(H,25,28). The van der Waals surface area contributed by atoms with Gasteiger partial charge in [-0.15, -0.1) is 0 Å². The van der Waals surface area contributed by atoms with Crippen molar-refractivity contribution in [2.45, 2.75) is 59.4 Å². The van der Waals surface area contributed by atoms with Gasteiger partial charge in [-0.05, 0) is 23.0 Å². The van der Waals surface area contributed by atoms with Crippen LogP contribution in [0, 0.1) is 11.8 Å². The predicted octanol–water partition coefficient (Wildman–Crippen LogP) is 2.01. The second-order valence-electron chi connectivity index (χ2n) is 8.26. The maximum Gasteiger partial charge on any atom is 0.334 e. The SMILES string of the molecule is C=C1CC(=O)OC(C(C)C)C(=O)NCc2ccc(cc2)CNC(=O)C(C(C)C)OC1=O. The summed E-state index contributed by atoms with van der Waals surface area (Å²) in [6.45, 7) is 11.1. The molecule has 8 nitrogen and oxygen atoms in total. The van der Waals surface area contributed by atoms with Crippen LogP contribution in [0.15, 0.2) is 36.4 Å². The third-order valence-electron chi connectivity index (χ3n) is 4.82. The average molecular weight is 431 g/mol. The van der Waals surface area contributed by atoms with E-state index in [1.54, 1.807) is 27.7 Å². The smallest absolute Gasteiger partial charge is 0.334 e. The Morgan fingerprint density at radius 2 is 1.23 bits per heavy atom. The van der Waals surface area contributed by atoms with Crippen LogP contribution in [0.25, 0.3) is 0 Å². The number of nitrogens with one attached hydrogen (secondary N) is 2. The topological polar surface area (TPSA) is 111 Å². The van der Waals surface area contributed by atoms with Crippen molar-refractivity contribution in [3.05, 3.63) is 47.5 Å². The number of ether oxygens (including phenoxy) is 2. The molecule has 0 spiro atoms. The van der Waals surface area contributed by atoms with E-state index in [-0.39, 0.29) is 30.5 Å². The Balaban J connectivity index is 2.28. The lowest BCUT2D eigenvalue weighted by atomic mass is 10.1. The Hall–Kier alpha value is -3.16. The zero-order valence-electron chi connectivity index (χ0n) is 18.4. The summed E-state index contributed by atoms with van der Waals surface area (Å²) < 4.78 is 10.6. The zero-order valence-corrected chi connectivity index (χ0v) is 18.4. The maximum atomic E-state index is 12.6. The lowest BCUT2D eigenvalue weighted by Crippen LogP contribution is -2.42. The number of amides is 2. The van der Waals surface area contributed by atoms with Gasteiger partial charge in [0.25, 0.3) is 11.8 Å². The molecule has 0 saturated carbocycles. The predicted molar refractivity (Wildman–Crippen MR) is 113 cm³/mol. The van der Waals surface area contributed by atoms with Crippen molar-refractivity contribution in [1.82, 2.24) is 10.6 Å². The second kappa shape index (κ2) is 10.7. The van der Waals surface area contributed by atoms with Gasteiger partial charge in [0.1, 0.15) is 0 Å². The van der Waals surface area contributed by atoms with Gasteiger partial charge in [-0.3, -0.25) is 14.4 Å². The highest BCUT2D eigenvalue weighted by molar-refractivity contribution is 5.95. The quantitative estimate of drug-likeness (QED) is 0.549. The number of benzene rings is 1. The Morgan fingerprint density at radius 1 is 0.806 bits per heavy atom. The van der Waals surface area contributed by atoms with Crippen LogP contribution >= 0.6 is 0 Å². The zero-order chi connectivity index (χ0) is 23.1. The molecule has 2 N–H and O–H groups in total. The molecule has 168 valence electrons. The Morgan fingerprint density at radius 3 is 1.65 bits per heavy atom. The van der Waals surface area contributed by atoms with Gasteiger partial charge in [0, 0.05) is 18.7 Å². The van der Waals surface area contributed by atoms with Crippen molar-refractivity contribution in [2.24, 2.45) is 11.8 Å². The molecule has 2 unspecified atom stereocenters. The van der Waals surface area contributed by atoms with Crippen LogP contribution in [0.5, 0.6) is 0 Å². The minimum absolute atomic E-state index is 0.151. The summed E-state index contributed by atoms with van der Waals surface area (Å²) >= 11 is 0. The number of fused-ring (bicyclic) bond motifs is 15. The summed E-state index contributed by atoms with van der Waals surface area (Å²) in [6.07, 6.45) is -2.49. The van der Waals surface area contributed by atoms with Gasteiger partial charge in [-0.25, -0.2) is 4.79 Å². The third-order valence-corrected chi connectivity index (χ3v) is 4.82. The van der Waals surface area contributed by atoms with Crippen LogP contribution in [0.2, 0.25) is 0 Å². The molecule has 8 heteroatoms. The van der Waals surface area contributed by atoms with E-state index < -0.39 is 42.4 Å². The number of carbonyl (C=O) groups excluding carboxylic acids is 4. The number of esters is 2. The van der Waals surface area contributed by atoms with Gasteiger partial charge in [0.05, 0.1) is 6.42 Å². The van der Waals surface area contributed by atoms with Crippen molar-refractivity contribution in [3.8, 4) is 0 Å². The lowest BCUT2D eigenvalue weighted by Gasteiger charge is -2.23. The summed E-state index contributed by atoms with van der Waals surface area (Å²) in [6, 6.07) is 7.35. The molecule has 0 saturated heterocycles. The lowest BCUT2D eigenvalue weighted by molar-refractivity contribution is -0.160. The minimum Gasteiger partial charge on any atom is -0.452 e. The largest absolute Gasteiger partial charge is 0.452 e. The van der Waals surface area contributed by atoms with E-state index in [4.69, 9.17) is 9.47 Å². The summed E-state index contributed by atoms with van der Waals surface area (Å²) in [5, 5.41) is 5.52. The van der Waals surface area contributed by atoms with Crippen molar-refractivity contribution >= 4 is 23.8 Å². The van der Waals surface area contributed by atoms with Gasteiger partial charge in [-0.1, -0.05) is 58.5 Å². The molecule has 0 fully saturated rings. The van der Waals surface area contributed by atoms with Gasteiger partial charge < -0.3 is 20.1 Å². The number of hydrogen-bond acceptors (Lipinski definition) is 6. The first-order valence-electron chi connectivity index (χ1n) is 10.3. The fourth-order valence-electron chi connectivity index (χ4n) is 2.97. The molecule has 2 aliphatic rings. The van der Waals surface area contributed by atoms with E-state index in [0.717, 1.165) is 11.1 Å². The Bertz CT molecular complexity index is 844. The van der Waals surface area contributed by atoms with Gasteiger partial charge in [0.2, 0.25) is 0 Å². The molecule has 1 aromatic rings. The highest BCUT2D eigenvalue weighted by Crippen LogP contribution is 2.15. The first kappa shape index (κ1) is 24.1. The second-order valence-corrected chi connectivity index (χ2v) is 8.26. The van der Waals surface area contributed by atoms with E-state index >= 15 is 0 Å². The number of hydrogen-bond donors (Lipinski definition) is 2. The first-order chi connectivity index (χ1) is 14.6. The molecule has 2 aliphatic heterocycles. The fraction of sp³-hybridized carbons (Fsp3) is 0.478. The summed E-state index contributed by atoms with van der Waals surface area (Å²) in [4.78, 5) is 49.8. The average Bonchev–Trinajstić information content (AvgIpc) is 2.71. The molecule has 3 rings (SSSR count). The van der Waals surface area contributed by atoms with E-state index in [1.807, 2.05) is 24.3 Å². The van der Waals surface area contributed by atoms with E-state index in [9.17, 15) is 19.2 Å².